The number of rotatable bonds is 7. The number of aryl methyl sites for hydroxylation is 1. The average Bonchev–Trinajstić information content (AvgIpc) is 2.91. The minimum atomic E-state index is -3.87. The van der Waals surface area contributed by atoms with E-state index >= 15 is 0 Å². The highest BCUT2D eigenvalue weighted by Gasteiger charge is 2.36. The highest BCUT2D eigenvalue weighted by atomic mass is 32.2. The number of fused-ring (bicyclic) bond motifs is 3. The Labute approximate surface area is 214 Å². The molecule has 0 spiro atoms. The minimum absolute atomic E-state index is 0.0574. The molecule has 4 aromatic rings. The fraction of sp³-hybridized carbons (Fsp3) is 0.148. The lowest BCUT2D eigenvalue weighted by Crippen LogP contribution is -2.34. The number of carbonyl (C=O) groups is 1. The molecule has 182 valence electrons. The van der Waals surface area contributed by atoms with Crippen LogP contribution < -0.4 is 9.62 Å². The molecule has 1 aliphatic heterocycles. The van der Waals surface area contributed by atoms with Crippen LogP contribution in [-0.4, -0.2) is 30.0 Å². The van der Waals surface area contributed by atoms with E-state index in [0.717, 1.165) is 29.4 Å². The Morgan fingerprint density at radius 2 is 1.67 bits per heavy atom. The van der Waals surface area contributed by atoms with Gasteiger partial charge in [0.05, 0.1) is 29.9 Å². The lowest BCUT2D eigenvalue weighted by molar-refractivity contribution is -0.113. The summed E-state index contributed by atoms with van der Waals surface area (Å²) in [4.78, 5) is 21.3. The van der Waals surface area contributed by atoms with E-state index in [1.165, 1.54) is 16.1 Å². The lowest BCUT2D eigenvalue weighted by atomic mass is 10.1. The number of para-hydroxylation sites is 1. The summed E-state index contributed by atoms with van der Waals surface area (Å²) in [6, 6.07) is 24.5. The van der Waals surface area contributed by atoms with Crippen LogP contribution in [0.25, 0.3) is 11.3 Å². The Hall–Kier alpha value is -3.69. The van der Waals surface area contributed by atoms with Gasteiger partial charge in [-0.25, -0.2) is 18.4 Å². The van der Waals surface area contributed by atoms with Crippen LogP contribution in [0.15, 0.2) is 95.1 Å². The maximum atomic E-state index is 13.6. The average molecular weight is 517 g/mol. The molecule has 0 fully saturated rings. The number of nitrogens with zero attached hydrogens (tertiary/aromatic N) is 3. The molecular weight excluding hydrogens is 492 g/mol. The van der Waals surface area contributed by atoms with E-state index in [-0.39, 0.29) is 23.1 Å². The van der Waals surface area contributed by atoms with E-state index in [0.29, 0.717) is 22.1 Å². The Balaban J connectivity index is 1.38. The molecule has 0 aliphatic carbocycles. The van der Waals surface area contributed by atoms with Crippen molar-refractivity contribution in [2.75, 3.05) is 15.4 Å². The van der Waals surface area contributed by atoms with Crippen LogP contribution in [0, 0.1) is 0 Å². The first-order valence-electron chi connectivity index (χ1n) is 11.5. The fourth-order valence-corrected chi connectivity index (χ4v) is 6.19. The maximum absolute atomic E-state index is 13.6. The second-order valence-electron chi connectivity index (χ2n) is 8.27. The fourth-order valence-electron chi connectivity index (χ4n) is 4.02. The van der Waals surface area contributed by atoms with E-state index < -0.39 is 10.0 Å². The molecule has 0 unspecified atom stereocenters. The molecule has 0 saturated carbocycles. The van der Waals surface area contributed by atoms with Gasteiger partial charge in [-0.1, -0.05) is 79.3 Å². The molecule has 7 nitrogen and oxygen atoms in total. The van der Waals surface area contributed by atoms with Gasteiger partial charge in [0.2, 0.25) is 5.91 Å². The van der Waals surface area contributed by atoms with Gasteiger partial charge in [-0.15, -0.1) is 0 Å². The molecule has 1 aromatic heterocycles. The van der Waals surface area contributed by atoms with Crippen LogP contribution in [-0.2, 0) is 27.8 Å². The number of benzene rings is 3. The predicted molar refractivity (Wildman–Crippen MR) is 142 cm³/mol. The summed E-state index contributed by atoms with van der Waals surface area (Å²) in [7, 11) is -3.87. The van der Waals surface area contributed by atoms with Crippen molar-refractivity contribution in [3.05, 3.63) is 96.2 Å². The lowest BCUT2D eigenvalue weighted by Gasteiger charge is -2.31. The van der Waals surface area contributed by atoms with Gasteiger partial charge >= 0.3 is 0 Å². The van der Waals surface area contributed by atoms with Crippen molar-refractivity contribution in [3.8, 4) is 11.3 Å². The van der Waals surface area contributed by atoms with E-state index in [9.17, 15) is 13.2 Å². The molecule has 9 heteroatoms. The van der Waals surface area contributed by atoms with Crippen LogP contribution in [0.2, 0.25) is 0 Å². The molecule has 0 atom stereocenters. The Morgan fingerprint density at radius 3 is 2.42 bits per heavy atom. The standard InChI is InChI=1S/C27H24N4O3S2/c1-2-19-12-14-21(15-13-19)29-25(32)18-35-27-28-16-24-26(30-27)22-10-6-7-11-23(22)31(36(24,33)34)17-20-8-4-3-5-9-20/h3-16H,2,17-18H2,1H3,(H,29,32). The Morgan fingerprint density at radius 1 is 0.944 bits per heavy atom. The van der Waals surface area contributed by atoms with Crippen LogP contribution in [0.3, 0.4) is 0 Å². The molecule has 1 amide bonds. The molecular formula is C27H24N4O3S2. The van der Waals surface area contributed by atoms with E-state index in [1.54, 1.807) is 6.07 Å². The molecule has 3 aromatic carbocycles. The van der Waals surface area contributed by atoms with Crippen LogP contribution >= 0.6 is 11.8 Å². The van der Waals surface area contributed by atoms with Gasteiger partial charge in [0, 0.05) is 11.3 Å². The van der Waals surface area contributed by atoms with E-state index in [2.05, 4.69) is 22.2 Å². The zero-order valence-electron chi connectivity index (χ0n) is 19.6. The molecule has 1 aliphatic rings. The highest BCUT2D eigenvalue weighted by molar-refractivity contribution is 7.99. The number of hydrogen-bond acceptors (Lipinski definition) is 6. The van der Waals surface area contributed by atoms with Crippen LogP contribution in [0.4, 0.5) is 11.4 Å². The zero-order valence-corrected chi connectivity index (χ0v) is 21.2. The van der Waals surface area contributed by atoms with Crippen LogP contribution in [0.1, 0.15) is 18.1 Å². The highest BCUT2D eigenvalue weighted by Crippen LogP contribution is 2.42. The summed E-state index contributed by atoms with van der Waals surface area (Å²) in [5.41, 5.74) is 4.43. The summed E-state index contributed by atoms with van der Waals surface area (Å²) < 4.78 is 28.5. The van der Waals surface area contributed by atoms with Crippen molar-refractivity contribution < 1.29 is 13.2 Å². The summed E-state index contributed by atoms with van der Waals surface area (Å²) >= 11 is 1.16. The number of anilines is 2. The monoisotopic (exact) mass is 516 g/mol. The third-order valence-corrected chi connectivity index (χ3v) is 8.50. The SMILES string of the molecule is CCc1ccc(NC(=O)CSc2ncc3c(n2)-c2ccccc2N(Cc2ccccc2)S3(=O)=O)cc1. The van der Waals surface area contributed by atoms with Crippen molar-refractivity contribution in [2.45, 2.75) is 29.9 Å². The van der Waals surface area contributed by atoms with Gasteiger partial charge in [0.15, 0.2) is 5.16 Å². The molecule has 2 heterocycles. The number of thioether (sulfide) groups is 1. The van der Waals surface area contributed by atoms with Gasteiger partial charge in [-0.2, -0.15) is 0 Å². The van der Waals surface area contributed by atoms with Crippen molar-refractivity contribution in [1.82, 2.24) is 9.97 Å². The van der Waals surface area contributed by atoms with E-state index in [1.807, 2.05) is 72.8 Å². The number of amides is 1. The van der Waals surface area contributed by atoms with Gasteiger partial charge < -0.3 is 5.32 Å². The molecule has 5 rings (SSSR count). The Kier molecular flexibility index (Phi) is 6.75. The predicted octanol–water partition coefficient (Wildman–Crippen LogP) is 5.15. The topological polar surface area (TPSA) is 92.3 Å². The molecule has 1 N–H and O–H groups in total. The quantitative estimate of drug-likeness (QED) is 0.270. The van der Waals surface area contributed by atoms with Gasteiger partial charge in [-0.05, 0) is 35.7 Å². The van der Waals surface area contributed by atoms with Gasteiger partial charge in [0.1, 0.15) is 4.90 Å². The third kappa shape index (κ3) is 4.84. The van der Waals surface area contributed by atoms with Gasteiger partial charge in [-0.3, -0.25) is 9.10 Å². The number of carbonyl (C=O) groups excluding carboxylic acids is 1. The molecule has 0 saturated heterocycles. The summed E-state index contributed by atoms with van der Waals surface area (Å²) in [6.45, 7) is 2.28. The first-order valence-corrected chi connectivity index (χ1v) is 13.9. The van der Waals surface area contributed by atoms with Crippen molar-refractivity contribution >= 4 is 39.1 Å². The first kappa shape index (κ1) is 24.0. The van der Waals surface area contributed by atoms with Crippen molar-refractivity contribution in [2.24, 2.45) is 0 Å². The Bertz CT molecular complexity index is 1510. The summed E-state index contributed by atoms with van der Waals surface area (Å²) in [6.07, 6.45) is 2.28. The normalized spacial score (nSPS) is 13.5. The largest absolute Gasteiger partial charge is 0.325 e. The zero-order chi connectivity index (χ0) is 25.1. The smallest absolute Gasteiger partial charge is 0.268 e. The second-order valence-corrected chi connectivity index (χ2v) is 11.0. The molecule has 36 heavy (non-hydrogen) atoms. The molecule has 0 radical (unpaired) electrons. The molecule has 0 bridgehead atoms. The number of aromatic nitrogens is 2. The summed E-state index contributed by atoms with van der Waals surface area (Å²) in [5.74, 6) is -0.0873. The maximum Gasteiger partial charge on any atom is 0.268 e. The van der Waals surface area contributed by atoms with E-state index in [4.69, 9.17) is 0 Å². The number of sulfonamides is 1. The summed E-state index contributed by atoms with van der Waals surface area (Å²) in [5, 5.41) is 3.21. The minimum Gasteiger partial charge on any atom is -0.325 e. The van der Waals surface area contributed by atoms with Gasteiger partial charge in [0.25, 0.3) is 10.0 Å². The number of nitrogens with one attached hydrogen (secondary N) is 1. The van der Waals surface area contributed by atoms with Crippen LogP contribution in [0.5, 0.6) is 0 Å². The third-order valence-electron chi connectivity index (χ3n) is 5.88. The first-order chi connectivity index (χ1) is 17.5. The van der Waals surface area contributed by atoms with Crippen molar-refractivity contribution in [1.29, 1.82) is 0 Å². The number of hydrogen-bond donors (Lipinski definition) is 1. The van der Waals surface area contributed by atoms with Crippen molar-refractivity contribution in [3.63, 3.8) is 0 Å². The second kappa shape index (κ2) is 10.1.